The molecule has 0 bridgehead atoms. The van der Waals surface area contributed by atoms with E-state index < -0.39 is 0 Å². The van der Waals surface area contributed by atoms with Crippen molar-refractivity contribution in [2.45, 2.75) is 6.42 Å². The van der Waals surface area contributed by atoms with Crippen molar-refractivity contribution in [3.05, 3.63) is 30.3 Å². The maximum Gasteiger partial charge on any atom is 0.227 e. The van der Waals surface area contributed by atoms with E-state index in [1.165, 1.54) is 11.8 Å². The fourth-order valence-electron chi connectivity index (χ4n) is 1.46. The van der Waals surface area contributed by atoms with Crippen LogP contribution in [0.3, 0.4) is 0 Å². The molecule has 0 aliphatic heterocycles. The average molecular weight is 296 g/mol. The standard InChI is InChI=1S/C14H20N2O3S/c1-16(14(18)7-10-20-11-13(15)17)8-9-19-12-5-3-2-4-6-12/h2-6H,7-11H2,1H3,(H2,15,17). The Kier molecular flexibility index (Phi) is 7.57. The predicted molar refractivity (Wildman–Crippen MR) is 80.7 cm³/mol. The van der Waals surface area contributed by atoms with E-state index in [1.807, 2.05) is 30.3 Å². The van der Waals surface area contributed by atoms with Crippen molar-refractivity contribution in [2.24, 2.45) is 5.73 Å². The van der Waals surface area contributed by atoms with E-state index in [0.29, 0.717) is 25.3 Å². The molecule has 0 saturated carbocycles. The first kappa shape index (κ1) is 16.4. The SMILES string of the molecule is CN(CCOc1ccccc1)C(=O)CCSCC(N)=O. The van der Waals surface area contributed by atoms with Gasteiger partial charge >= 0.3 is 0 Å². The Hall–Kier alpha value is -1.69. The highest BCUT2D eigenvalue weighted by Gasteiger charge is 2.08. The summed E-state index contributed by atoms with van der Waals surface area (Å²) in [4.78, 5) is 23.9. The number of benzene rings is 1. The lowest BCUT2D eigenvalue weighted by Crippen LogP contribution is -2.31. The Bertz CT molecular complexity index is 426. The molecule has 0 aliphatic rings. The van der Waals surface area contributed by atoms with Crippen LogP contribution in [-0.2, 0) is 9.59 Å². The first-order chi connectivity index (χ1) is 9.59. The van der Waals surface area contributed by atoms with Crippen molar-refractivity contribution in [1.29, 1.82) is 0 Å². The number of hydrogen-bond donors (Lipinski definition) is 1. The molecule has 0 unspecified atom stereocenters. The van der Waals surface area contributed by atoms with Crippen LogP contribution >= 0.6 is 11.8 Å². The van der Waals surface area contributed by atoms with Crippen LogP contribution in [0.15, 0.2) is 30.3 Å². The van der Waals surface area contributed by atoms with Gasteiger partial charge in [-0.1, -0.05) is 18.2 Å². The van der Waals surface area contributed by atoms with Gasteiger partial charge in [-0.25, -0.2) is 0 Å². The van der Waals surface area contributed by atoms with Crippen molar-refractivity contribution < 1.29 is 14.3 Å². The third-order valence-electron chi connectivity index (χ3n) is 2.57. The number of para-hydroxylation sites is 1. The van der Waals surface area contributed by atoms with Gasteiger partial charge in [0.15, 0.2) is 0 Å². The number of carbonyl (C=O) groups is 2. The maximum atomic E-state index is 11.8. The number of nitrogens with two attached hydrogens (primary N) is 1. The van der Waals surface area contributed by atoms with Crippen LogP contribution in [-0.4, -0.2) is 48.4 Å². The van der Waals surface area contributed by atoms with Crippen molar-refractivity contribution in [1.82, 2.24) is 4.90 Å². The molecule has 110 valence electrons. The summed E-state index contributed by atoms with van der Waals surface area (Å²) in [6.45, 7) is 0.995. The molecular formula is C14H20N2O3S. The average Bonchev–Trinajstić information content (AvgIpc) is 2.44. The molecule has 2 N–H and O–H groups in total. The van der Waals surface area contributed by atoms with Gasteiger partial charge in [-0.15, -0.1) is 0 Å². The van der Waals surface area contributed by atoms with Gasteiger partial charge in [-0.2, -0.15) is 11.8 Å². The highest BCUT2D eigenvalue weighted by Crippen LogP contribution is 2.08. The molecule has 0 aliphatic carbocycles. The van der Waals surface area contributed by atoms with Crippen LogP contribution in [0.5, 0.6) is 5.75 Å². The number of thioether (sulfide) groups is 1. The van der Waals surface area contributed by atoms with E-state index in [1.54, 1.807) is 11.9 Å². The summed E-state index contributed by atoms with van der Waals surface area (Å²) >= 11 is 1.37. The third-order valence-corrected chi connectivity index (χ3v) is 3.55. The van der Waals surface area contributed by atoms with E-state index in [9.17, 15) is 9.59 Å². The molecule has 0 spiro atoms. The summed E-state index contributed by atoms with van der Waals surface area (Å²) < 4.78 is 5.52. The summed E-state index contributed by atoms with van der Waals surface area (Å²) in [6.07, 6.45) is 0.403. The smallest absolute Gasteiger partial charge is 0.227 e. The van der Waals surface area contributed by atoms with E-state index in [-0.39, 0.29) is 17.6 Å². The molecule has 0 aromatic heterocycles. The summed E-state index contributed by atoms with van der Waals surface area (Å²) in [5.74, 6) is 1.34. The second kappa shape index (κ2) is 9.25. The lowest BCUT2D eigenvalue weighted by Gasteiger charge is -2.17. The molecule has 0 fully saturated rings. The summed E-state index contributed by atoms with van der Waals surface area (Å²) in [6, 6.07) is 9.48. The number of nitrogens with zero attached hydrogens (tertiary/aromatic N) is 1. The second-order valence-corrected chi connectivity index (χ2v) is 5.35. The Morgan fingerprint density at radius 2 is 2.00 bits per heavy atom. The molecule has 0 heterocycles. The summed E-state index contributed by atoms with van der Waals surface area (Å²) in [5, 5.41) is 0. The minimum Gasteiger partial charge on any atom is -0.492 e. The first-order valence-corrected chi connectivity index (χ1v) is 7.53. The van der Waals surface area contributed by atoms with Crippen LogP contribution in [0.2, 0.25) is 0 Å². The predicted octanol–water partition coefficient (Wildman–Crippen LogP) is 1.13. The number of rotatable bonds is 9. The minimum atomic E-state index is -0.355. The first-order valence-electron chi connectivity index (χ1n) is 6.37. The Morgan fingerprint density at radius 1 is 1.30 bits per heavy atom. The van der Waals surface area contributed by atoms with E-state index >= 15 is 0 Å². The van der Waals surface area contributed by atoms with E-state index in [2.05, 4.69) is 0 Å². The normalized spacial score (nSPS) is 10.1. The number of amides is 2. The van der Waals surface area contributed by atoms with Crippen LogP contribution in [0.4, 0.5) is 0 Å². The summed E-state index contributed by atoms with van der Waals surface area (Å²) in [5.41, 5.74) is 5.02. The third kappa shape index (κ3) is 7.04. The molecular weight excluding hydrogens is 276 g/mol. The Morgan fingerprint density at radius 3 is 2.65 bits per heavy atom. The highest BCUT2D eigenvalue weighted by molar-refractivity contribution is 7.99. The highest BCUT2D eigenvalue weighted by atomic mass is 32.2. The molecule has 0 saturated heterocycles. The fraction of sp³-hybridized carbons (Fsp3) is 0.429. The van der Waals surface area contributed by atoms with Gasteiger partial charge in [0.25, 0.3) is 0 Å². The molecule has 5 nitrogen and oxygen atoms in total. The van der Waals surface area contributed by atoms with Crippen LogP contribution in [0.1, 0.15) is 6.42 Å². The van der Waals surface area contributed by atoms with Crippen LogP contribution < -0.4 is 10.5 Å². The second-order valence-electron chi connectivity index (χ2n) is 4.25. The van der Waals surface area contributed by atoms with Gasteiger partial charge in [-0.05, 0) is 12.1 Å². The fourth-order valence-corrected chi connectivity index (χ4v) is 2.13. The van der Waals surface area contributed by atoms with Crippen molar-refractivity contribution >= 4 is 23.6 Å². The zero-order valence-electron chi connectivity index (χ0n) is 11.6. The maximum absolute atomic E-state index is 11.8. The van der Waals surface area contributed by atoms with Gasteiger partial charge in [0.2, 0.25) is 11.8 Å². The van der Waals surface area contributed by atoms with Crippen molar-refractivity contribution in [3.8, 4) is 5.75 Å². The van der Waals surface area contributed by atoms with Gasteiger partial charge in [0, 0.05) is 19.2 Å². The lowest BCUT2D eigenvalue weighted by molar-refractivity contribution is -0.129. The number of likely N-dealkylation sites (N-methyl/N-ethyl adjacent to an activating group) is 1. The summed E-state index contributed by atoms with van der Waals surface area (Å²) in [7, 11) is 1.75. The molecule has 1 rings (SSSR count). The van der Waals surface area contributed by atoms with E-state index in [0.717, 1.165) is 5.75 Å². The van der Waals surface area contributed by atoms with Crippen LogP contribution in [0.25, 0.3) is 0 Å². The minimum absolute atomic E-state index is 0.0404. The number of carbonyl (C=O) groups excluding carboxylic acids is 2. The zero-order chi connectivity index (χ0) is 14.8. The monoisotopic (exact) mass is 296 g/mol. The quantitative estimate of drug-likeness (QED) is 0.693. The molecule has 20 heavy (non-hydrogen) atoms. The van der Waals surface area contributed by atoms with Gasteiger partial charge in [0.1, 0.15) is 12.4 Å². The van der Waals surface area contributed by atoms with Gasteiger partial charge in [-0.3, -0.25) is 9.59 Å². The lowest BCUT2D eigenvalue weighted by atomic mass is 10.3. The zero-order valence-corrected chi connectivity index (χ0v) is 12.4. The largest absolute Gasteiger partial charge is 0.492 e. The number of hydrogen-bond acceptors (Lipinski definition) is 4. The number of primary amides is 1. The topological polar surface area (TPSA) is 72.6 Å². The van der Waals surface area contributed by atoms with Gasteiger partial charge in [0.05, 0.1) is 12.3 Å². The molecule has 2 amide bonds. The molecule has 0 radical (unpaired) electrons. The molecule has 1 aromatic rings. The Balaban J connectivity index is 2.13. The van der Waals surface area contributed by atoms with E-state index in [4.69, 9.17) is 10.5 Å². The molecule has 6 heteroatoms. The number of ether oxygens (including phenoxy) is 1. The molecule has 1 aromatic carbocycles. The van der Waals surface area contributed by atoms with Crippen molar-refractivity contribution in [2.75, 3.05) is 31.7 Å². The Labute approximate surface area is 123 Å². The molecule has 0 atom stereocenters. The van der Waals surface area contributed by atoms with Crippen molar-refractivity contribution in [3.63, 3.8) is 0 Å². The van der Waals surface area contributed by atoms with Crippen LogP contribution in [0, 0.1) is 0 Å². The van der Waals surface area contributed by atoms with Gasteiger partial charge < -0.3 is 15.4 Å².